The van der Waals surface area contributed by atoms with E-state index in [0.717, 1.165) is 5.69 Å². The van der Waals surface area contributed by atoms with E-state index in [9.17, 15) is 13.2 Å². The van der Waals surface area contributed by atoms with E-state index in [-0.39, 0.29) is 40.1 Å². The second-order valence-electron chi connectivity index (χ2n) is 7.41. The zero-order chi connectivity index (χ0) is 24.5. The number of fused-ring (bicyclic) bond motifs is 1. The van der Waals surface area contributed by atoms with E-state index in [0.29, 0.717) is 33.1 Å². The van der Waals surface area contributed by atoms with Crippen LogP contribution >= 0.6 is 11.6 Å². The molecule has 4 rings (SSSR count). The Bertz CT molecular complexity index is 1490. The van der Waals surface area contributed by atoms with Gasteiger partial charge < -0.3 is 19.4 Å². The van der Waals surface area contributed by atoms with Crippen LogP contribution in [0.4, 0.5) is 11.4 Å². The van der Waals surface area contributed by atoms with Crippen LogP contribution < -0.4 is 19.5 Å². The predicted molar refractivity (Wildman–Crippen MR) is 138 cm³/mol. The molecular weight excluding hydrogens is 501 g/mol. The Morgan fingerprint density at radius 1 is 0.943 bits per heavy atom. The summed E-state index contributed by atoms with van der Waals surface area (Å²) < 4.78 is 39.5. The number of ether oxygens (including phenoxy) is 2. The molecule has 11 heteroatoms. The molecule has 8 nitrogen and oxygen atoms in total. The van der Waals surface area contributed by atoms with Gasteiger partial charge in [-0.15, -0.1) is 0 Å². The Morgan fingerprint density at radius 3 is 2.29 bits per heavy atom. The minimum absolute atomic E-state index is 0. The van der Waals surface area contributed by atoms with Crippen molar-refractivity contribution in [3.8, 4) is 11.5 Å². The quantitative estimate of drug-likeness (QED) is 0.351. The molecule has 35 heavy (non-hydrogen) atoms. The van der Waals surface area contributed by atoms with Gasteiger partial charge >= 0.3 is 0 Å². The number of carbonyl (C=O) groups excluding carboxylic acids is 1. The molecule has 0 aliphatic heterocycles. The van der Waals surface area contributed by atoms with Crippen molar-refractivity contribution in [2.45, 2.75) is 4.90 Å². The molecule has 177 valence electrons. The monoisotopic (exact) mass is 522 g/mol. The van der Waals surface area contributed by atoms with Crippen molar-refractivity contribution in [2.24, 2.45) is 7.05 Å². The SMILES string of the molecule is COc1ccc(S(=O)(=O)NC(=O)c2cc3c(Nc4cccc(OC)c4)ccc(Cl)c3n2C)cc1.[Na]. The summed E-state index contributed by atoms with van der Waals surface area (Å²) >= 11 is 6.43. The summed E-state index contributed by atoms with van der Waals surface area (Å²) in [5, 5.41) is 4.38. The summed E-state index contributed by atoms with van der Waals surface area (Å²) in [5.41, 5.74) is 2.19. The van der Waals surface area contributed by atoms with Gasteiger partial charge in [0.2, 0.25) is 0 Å². The Morgan fingerprint density at radius 2 is 1.63 bits per heavy atom. The van der Waals surface area contributed by atoms with Gasteiger partial charge in [-0.1, -0.05) is 17.7 Å². The molecular formula is C24H22ClN3NaO5S. The molecule has 2 N–H and O–H groups in total. The molecule has 0 saturated carbocycles. The van der Waals surface area contributed by atoms with E-state index in [2.05, 4.69) is 10.0 Å². The molecule has 0 spiro atoms. The van der Waals surface area contributed by atoms with Gasteiger partial charge in [-0.2, -0.15) is 0 Å². The molecule has 1 radical (unpaired) electrons. The van der Waals surface area contributed by atoms with E-state index in [4.69, 9.17) is 21.1 Å². The number of aromatic nitrogens is 1. The number of aryl methyl sites for hydroxylation is 1. The average Bonchev–Trinajstić information content (AvgIpc) is 3.19. The van der Waals surface area contributed by atoms with Gasteiger partial charge in [0.15, 0.2) is 0 Å². The third-order valence-electron chi connectivity index (χ3n) is 5.32. The molecule has 0 saturated heterocycles. The van der Waals surface area contributed by atoms with E-state index >= 15 is 0 Å². The van der Waals surface area contributed by atoms with Crippen LogP contribution in [-0.4, -0.2) is 62.7 Å². The number of carbonyl (C=O) groups is 1. The molecule has 1 aromatic heterocycles. The van der Waals surface area contributed by atoms with Crippen LogP contribution in [0.2, 0.25) is 5.02 Å². The minimum Gasteiger partial charge on any atom is -0.497 e. The second-order valence-corrected chi connectivity index (χ2v) is 9.50. The fourth-order valence-corrected chi connectivity index (χ4v) is 4.85. The number of hydrogen-bond acceptors (Lipinski definition) is 6. The van der Waals surface area contributed by atoms with Gasteiger partial charge in [0, 0.05) is 59.4 Å². The van der Waals surface area contributed by atoms with E-state index in [1.54, 1.807) is 36.9 Å². The number of hydrogen-bond donors (Lipinski definition) is 2. The van der Waals surface area contributed by atoms with Crippen molar-refractivity contribution >= 4 is 79.4 Å². The number of rotatable bonds is 7. The molecule has 4 aromatic rings. The molecule has 1 amide bonds. The van der Waals surface area contributed by atoms with Crippen LogP contribution in [0.3, 0.4) is 0 Å². The van der Waals surface area contributed by atoms with Crippen LogP contribution in [0.5, 0.6) is 11.5 Å². The number of sulfonamides is 1. The fourth-order valence-electron chi connectivity index (χ4n) is 3.59. The smallest absolute Gasteiger partial charge is 0.281 e. The normalized spacial score (nSPS) is 11.0. The molecule has 0 fully saturated rings. The number of benzene rings is 3. The number of nitrogens with zero attached hydrogens (tertiary/aromatic N) is 1. The van der Waals surface area contributed by atoms with Crippen LogP contribution in [0.25, 0.3) is 10.9 Å². The first-order valence-electron chi connectivity index (χ1n) is 10.1. The van der Waals surface area contributed by atoms with Gasteiger partial charge in [-0.3, -0.25) is 4.79 Å². The summed E-state index contributed by atoms with van der Waals surface area (Å²) in [7, 11) is 0.622. The fraction of sp³-hybridized carbons (Fsp3) is 0.125. The molecule has 0 aliphatic rings. The van der Waals surface area contributed by atoms with Gasteiger partial charge in [0.1, 0.15) is 17.2 Å². The van der Waals surface area contributed by atoms with Crippen molar-refractivity contribution in [1.29, 1.82) is 0 Å². The zero-order valence-corrected chi connectivity index (χ0v) is 23.2. The summed E-state index contributed by atoms with van der Waals surface area (Å²) in [6.45, 7) is 0. The van der Waals surface area contributed by atoms with Crippen molar-refractivity contribution in [1.82, 2.24) is 9.29 Å². The van der Waals surface area contributed by atoms with Crippen LogP contribution in [0.15, 0.2) is 71.6 Å². The molecule has 0 aliphatic carbocycles. The van der Waals surface area contributed by atoms with Crippen LogP contribution in [0.1, 0.15) is 10.5 Å². The Hall–Kier alpha value is -2.69. The third kappa shape index (κ3) is 5.60. The molecule has 3 aromatic carbocycles. The first-order valence-corrected chi connectivity index (χ1v) is 12.0. The second kappa shape index (κ2) is 10.9. The number of anilines is 2. The summed E-state index contributed by atoms with van der Waals surface area (Å²) in [6.07, 6.45) is 0. The Balaban J connectivity index is 0.00000342. The first kappa shape index (κ1) is 26.9. The van der Waals surface area contributed by atoms with Crippen molar-refractivity contribution in [3.05, 3.63) is 77.4 Å². The predicted octanol–water partition coefficient (Wildman–Crippen LogP) is 4.33. The van der Waals surface area contributed by atoms with Gasteiger partial charge in [-0.25, -0.2) is 13.1 Å². The molecule has 0 bridgehead atoms. The van der Waals surface area contributed by atoms with Crippen LogP contribution in [-0.2, 0) is 17.1 Å². The van der Waals surface area contributed by atoms with Crippen molar-refractivity contribution < 1.29 is 22.7 Å². The van der Waals surface area contributed by atoms with E-state index in [1.807, 2.05) is 24.3 Å². The number of amides is 1. The van der Waals surface area contributed by atoms with Gasteiger partial charge in [0.05, 0.1) is 29.7 Å². The topological polar surface area (TPSA) is 98.7 Å². The standard InChI is InChI=1S/C24H22ClN3O5S.Na/c1-28-22(24(29)27-34(30,31)18-9-7-16(32-2)8-10-18)14-19-21(12-11-20(25)23(19)28)26-15-5-4-6-17(13-15)33-3;/h4-14,26H,1-3H3,(H,27,29);. The van der Waals surface area contributed by atoms with Gasteiger partial charge in [0.25, 0.3) is 15.9 Å². The van der Waals surface area contributed by atoms with Gasteiger partial charge in [-0.05, 0) is 54.6 Å². The van der Waals surface area contributed by atoms with E-state index in [1.165, 1.54) is 31.4 Å². The zero-order valence-electron chi connectivity index (χ0n) is 19.6. The average molecular weight is 523 g/mol. The maximum Gasteiger partial charge on any atom is 0.281 e. The third-order valence-corrected chi connectivity index (χ3v) is 6.98. The van der Waals surface area contributed by atoms with Crippen LogP contribution in [0, 0.1) is 0 Å². The minimum atomic E-state index is -4.09. The Labute approximate surface area is 230 Å². The molecule has 1 heterocycles. The van der Waals surface area contributed by atoms with Crippen molar-refractivity contribution in [2.75, 3.05) is 19.5 Å². The maximum atomic E-state index is 13.0. The maximum absolute atomic E-state index is 13.0. The first-order chi connectivity index (χ1) is 16.2. The van der Waals surface area contributed by atoms with E-state index < -0.39 is 15.9 Å². The summed E-state index contributed by atoms with van der Waals surface area (Å²) in [6, 6.07) is 18.2. The summed E-state index contributed by atoms with van der Waals surface area (Å²) in [5.74, 6) is 0.412. The molecule has 0 atom stereocenters. The van der Waals surface area contributed by atoms with Crippen molar-refractivity contribution in [3.63, 3.8) is 0 Å². The number of methoxy groups -OCH3 is 2. The largest absolute Gasteiger partial charge is 0.497 e. The Kier molecular flexibility index (Phi) is 8.40. The summed E-state index contributed by atoms with van der Waals surface area (Å²) in [4.78, 5) is 12.9. The number of halogens is 1. The number of nitrogens with one attached hydrogen (secondary N) is 2. The molecule has 0 unspecified atom stereocenters.